The number of fused-ring (bicyclic) bond motifs is 1. The summed E-state index contributed by atoms with van der Waals surface area (Å²) in [5, 5.41) is 0. The number of carbonyl (C=O) groups is 1. The van der Waals surface area contributed by atoms with Gasteiger partial charge in [-0.25, -0.2) is 8.42 Å². The zero-order valence-corrected chi connectivity index (χ0v) is 16.4. The van der Waals surface area contributed by atoms with Crippen molar-refractivity contribution >= 4 is 27.3 Å². The summed E-state index contributed by atoms with van der Waals surface area (Å²) in [4.78, 5) is 14.5. The lowest BCUT2D eigenvalue weighted by Gasteiger charge is -2.17. The van der Waals surface area contributed by atoms with Crippen molar-refractivity contribution in [3.63, 3.8) is 0 Å². The summed E-state index contributed by atoms with van der Waals surface area (Å²) in [6.45, 7) is 4.82. The Morgan fingerprint density at radius 2 is 1.81 bits per heavy atom. The number of nitrogens with one attached hydrogen (secondary N) is 1. The lowest BCUT2D eigenvalue weighted by atomic mass is 10.0. The van der Waals surface area contributed by atoms with Crippen LogP contribution in [0, 0.1) is 5.92 Å². The smallest absolute Gasteiger partial charge is 0.261 e. The lowest BCUT2D eigenvalue weighted by Crippen LogP contribution is -2.30. The molecule has 1 fully saturated rings. The summed E-state index contributed by atoms with van der Waals surface area (Å²) in [5.74, 6) is 0.739. The predicted octanol–water partition coefficient (Wildman–Crippen LogP) is 3.91. The minimum Gasteiger partial charge on any atom is -0.312 e. The molecule has 2 aromatic carbocycles. The molecule has 2 aliphatic rings. The molecule has 1 aliphatic carbocycles. The molecular formula is C21H24N2O3S. The van der Waals surface area contributed by atoms with E-state index in [2.05, 4.69) is 18.6 Å². The average Bonchev–Trinajstić information content (AvgIpc) is 3.41. The van der Waals surface area contributed by atoms with Crippen LogP contribution in [0.1, 0.15) is 43.7 Å². The first-order chi connectivity index (χ1) is 12.8. The predicted molar refractivity (Wildman–Crippen MR) is 107 cm³/mol. The van der Waals surface area contributed by atoms with Crippen LogP contribution < -0.4 is 9.62 Å². The molecule has 5 nitrogen and oxygen atoms in total. The molecule has 1 saturated carbocycles. The fourth-order valence-electron chi connectivity index (χ4n) is 3.49. The first-order valence-electron chi connectivity index (χ1n) is 9.42. The minimum atomic E-state index is -3.64. The van der Waals surface area contributed by atoms with Gasteiger partial charge in [0.2, 0.25) is 5.91 Å². The monoisotopic (exact) mass is 384 g/mol. The third-order valence-electron chi connectivity index (χ3n) is 5.28. The van der Waals surface area contributed by atoms with Crippen LogP contribution in [0.4, 0.5) is 11.4 Å². The van der Waals surface area contributed by atoms with E-state index in [-0.39, 0.29) is 16.7 Å². The second kappa shape index (κ2) is 6.68. The van der Waals surface area contributed by atoms with Crippen molar-refractivity contribution in [1.29, 1.82) is 0 Å². The van der Waals surface area contributed by atoms with E-state index >= 15 is 0 Å². The van der Waals surface area contributed by atoms with Gasteiger partial charge < -0.3 is 4.90 Å². The van der Waals surface area contributed by atoms with E-state index in [1.807, 2.05) is 29.2 Å². The molecule has 1 amide bonds. The molecule has 0 bridgehead atoms. The van der Waals surface area contributed by atoms with Crippen LogP contribution in [0.5, 0.6) is 0 Å². The maximum Gasteiger partial charge on any atom is 0.261 e. The number of nitrogens with zero attached hydrogens (tertiary/aromatic N) is 1. The number of amides is 1. The molecule has 0 atom stereocenters. The van der Waals surface area contributed by atoms with Crippen molar-refractivity contribution in [3.05, 3.63) is 53.6 Å². The summed E-state index contributed by atoms with van der Waals surface area (Å²) < 4.78 is 28.0. The molecule has 0 radical (unpaired) electrons. The molecule has 1 heterocycles. The van der Waals surface area contributed by atoms with Gasteiger partial charge in [-0.3, -0.25) is 9.52 Å². The summed E-state index contributed by atoms with van der Waals surface area (Å²) in [6.07, 6.45) is 2.72. The molecular weight excluding hydrogens is 360 g/mol. The van der Waals surface area contributed by atoms with E-state index in [9.17, 15) is 13.2 Å². The van der Waals surface area contributed by atoms with E-state index in [0.717, 1.165) is 36.1 Å². The van der Waals surface area contributed by atoms with Crippen molar-refractivity contribution in [2.24, 2.45) is 5.92 Å². The van der Waals surface area contributed by atoms with Crippen molar-refractivity contribution in [2.75, 3.05) is 16.2 Å². The highest BCUT2D eigenvalue weighted by atomic mass is 32.2. The highest BCUT2D eigenvalue weighted by Crippen LogP contribution is 2.37. The number of benzene rings is 2. The molecule has 0 saturated heterocycles. The van der Waals surface area contributed by atoms with E-state index < -0.39 is 10.0 Å². The second-order valence-electron chi connectivity index (χ2n) is 7.69. The number of anilines is 2. The first kappa shape index (κ1) is 18.0. The van der Waals surface area contributed by atoms with Gasteiger partial charge in [0.1, 0.15) is 0 Å². The van der Waals surface area contributed by atoms with Gasteiger partial charge in [-0.1, -0.05) is 26.0 Å². The minimum absolute atomic E-state index is 0.183. The van der Waals surface area contributed by atoms with Crippen molar-refractivity contribution in [1.82, 2.24) is 0 Å². The molecule has 6 heteroatoms. The molecule has 4 rings (SSSR count). The number of hydrogen-bond donors (Lipinski definition) is 1. The Morgan fingerprint density at radius 3 is 2.44 bits per heavy atom. The Hall–Kier alpha value is -2.34. The summed E-state index contributed by atoms with van der Waals surface area (Å²) in [6, 6.07) is 12.4. The van der Waals surface area contributed by atoms with Crippen molar-refractivity contribution in [2.45, 2.75) is 43.9 Å². The van der Waals surface area contributed by atoms with Crippen LogP contribution in [0.2, 0.25) is 0 Å². The highest BCUT2D eigenvalue weighted by Gasteiger charge is 2.36. The van der Waals surface area contributed by atoms with Crippen LogP contribution in [-0.4, -0.2) is 20.9 Å². The van der Waals surface area contributed by atoms with Gasteiger partial charge in [0.25, 0.3) is 10.0 Å². The van der Waals surface area contributed by atoms with Crippen molar-refractivity contribution in [3.8, 4) is 0 Å². The Kier molecular flexibility index (Phi) is 4.46. The molecule has 142 valence electrons. The maximum absolute atomic E-state index is 12.7. The SMILES string of the molecule is CC(C)c1ccc(S(=O)(=O)Nc2ccc3c(c2)CCN3C(=O)C2CC2)cc1. The van der Waals surface area contributed by atoms with Gasteiger partial charge in [-0.05, 0) is 66.6 Å². The third-order valence-corrected chi connectivity index (χ3v) is 6.67. The van der Waals surface area contributed by atoms with Crippen LogP contribution in [0.3, 0.4) is 0 Å². The Bertz CT molecular complexity index is 977. The maximum atomic E-state index is 12.7. The van der Waals surface area contributed by atoms with Crippen molar-refractivity contribution < 1.29 is 13.2 Å². The summed E-state index contributed by atoms with van der Waals surface area (Å²) >= 11 is 0. The number of rotatable bonds is 5. The number of sulfonamides is 1. The Balaban J connectivity index is 1.53. The molecule has 0 spiro atoms. The molecule has 27 heavy (non-hydrogen) atoms. The molecule has 0 unspecified atom stereocenters. The standard InChI is InChI=1S/C21H24N2O3S/c1-14(2)15-5-8-19(9-6-15)27(25,26)22-18-7-10-20-17(13-18)11-12-23(20)21(24)16-3-4-16/h5-10,13-14,16,22H,3-4,11-12H2,1-2H3. The van der Waals surface area contributed by atoms with Crippen LogP contribution in [-0.2, 0) is 21.2 Å². The largest absolute Gasteiger partial charge is 0.312 e. The fraction of sp³-hybridized carbons (Fsp3) is 0.381. The summed E-state index contributed by atoms with van der Waals surface area (Å²) in [7, 11) is -3.64. The molecule has 1 aliphatic heterocycles. The van der Waals surface area contributed by atoms with Gasteiger partial charge in [0.05, 0.1) is 4.90 Å². The van der Waals surface area contributed by atoms with Gasteiger partial charge in [-0.15, -0.1) is 0 Å². The van der Waals surface area contributed by atoms with Gasteiger partial charge in [0.15, 0.2) is 0 Å². The number of hydrogen-bond acceptors (Lipinski definition) is 3. The average molecular weight is 385 g/mol. The molecule has 1 N–H and O–H groups in total. The lowest BCUT2D eigenvalue weighted by molar-refractivity contribution is -0.119. The molecule has 2 aromatic rings. The zero-order valence-electron chi connectivity index (χ0n) is 15.6. The normalized spacial score (nSPS) is 16.5. The summed E-state index contributed by atoms with van der Waals surface area (Å²) in [5.41, 5.74) is 3.56. The van der Waals surface area contributed by atoms with Crippen LogP contribution >= 0.6 is 0 Å². The fourth-order valence-corrected chi connectivity index (χ4v) is 4.54. The third kappa shape index (κ3) is 3.58. The Morgan fingerprint density at radius 1 is 1.11 bits per heavy atom. The topological polar surface area (TPSA) is 66.5 Å². The van der Waals surface area contributed by atoms with Crippen LogP contribution in [0.25, 0.3) is 0 Å². The van der Waals surface area contributed by atoms with Gasteiger partial charge in [0, 0.05) is 23.8 Å². The quantitative estimate of drug-likeness (QED) is 0.850. The number of carbonyl (C=O) groups excluding carboxylic acids is 1. The van der Waals surface area contributed by atoms with E-state index in [1.54, 1.807) is 18.2 Å². The Labute approximate surface area is 160 Å². The second-order valence-corrected chi connectivity index (χ2v) is 9.37. The van der Waals surface area contributed by atoms with E-state index in [1.165, 1.54) is 0 Å². The highest BCUT2D eigenvalue weighted by molar-refractivity contribution is 7.92. The zero-order chi connectivity index (χ0) is 19.2. The van der Waals surface area contributed by atoms with Crippen LogP contribution in [0.15, 0.2) is 47.4 Å². The van der Waals surface area contributed by atoms with E-state index in [0.29, 0.717) is 18.2 Å². The van der Waals surface area contributed by atoms with Gasteiger partial charge >= 0.3 is 0 Å². The van der Waals surface area contributed by atoms with Gasteiger partial charge in [-0.2, -0.15) is 0 Å². The first-order valence-corrected chi connectivity index (χ1v) is 10.9. The van der Waals surface area contributed by atoms with E-state index in [4.69, 9.17) is 0 Å². The molecule has 0 aromatic heterocycles.